The van der Waals surface area contributed by atoms with Crippen LogP contribution in [0.2, 0.25) is 0 Å². The predicted octanol–water partition coefficient (Wildman–Crippen LogP) is 3.98. The second-order valence-corrected chi connectivity index (χ2v) is 9.10. The van der Waals surface area contributed by atoms with Gasteiger partial charge in [0, 0.05) is 6.04 Å². The van der Waals surface area contributed by atoms with Crippen molar-refractivity contribution in [2.75, 3.05) is 7.05 Å². The molecule has 1 N–H and O–H groups in total. The molecular formula is C17H29N. The second kappa shape index (κ2) is 3.34. The summed E-state index contributed by atoms with van der Waals surface area (Å²) in [6.45, 7) is 5.20. The number of hydrogen-bond donors (Lipinski definition) is 1. The molecule has 4 bridgehead atoms. The average molecular weight is 247 g/mol. The monoisotopic (exact) mass is 247 g/mol. The predicted molar refractivity (Wildman–Crippen MR) is 75.4 cm³/mol. The van der Waals surface area contributed by atoms with E-state index in [0.717, 1.165) is 17.9 Å². The summed E-state index contributed by atoms with van der Waals surface area (Å²) in [6.07, 6.45) is 12.1. The van der Waals surface area contributed by atoms with Gasteiger partial charge in [0.25, 0.3) is 0 Å². The SMILES string of the molecule is CNC(C1CC1)C12CC3CC(C)(CC(C)(C3)C1)C2. The van der Waals surface area contributed by atoms with Gasteiger partial charge in [-0.3, -0.25) is 0 Å². The van der Waals surface area contributed by atoms with Crippen LogP contribution in [0.15, 0.2) is 0 Å². The van der Waals surface area contributed by atoms with Crippen molar-refractivity contribution in [3.05, 3.63) is 0 Å². The molecule has 0 saturated heterocycles. The van der Waals surface area contributed by atoms with E-state index < -0.39 is 0 Å². The third-order valence-electron chi connectivity index (χ3n) is 6.73. The first-order valence-corrected chi connectivity index (χ1v) is 8.13. The van der Waals surface area contributed by atoms with Crippen molar-refractivity contribution >= 4 is 0 Å². The minimum atomic E-state index is 0.666. The van der Waals surface area contributed by atoms with Crippen LogP contribution < -0.4 is 5.32 Å². The van der Waals surface area contributed by atoms with Crippen molar-refractivity contribution in [2.24, 2.45) is 28.1 Å². The first kappa shape index (κ1) is 11.8. The molecule has 5 aliphatic rings. The Labute approximate surface area is 112 Å². The Bertz CT molecular complexity index is 352. The van der Waals surface area contributed by atoms with E-state index in [9.17, 15) is 0 Å². The van der Waals surface area contributed by atoms with E-state index >= 15 is 0 Å². The van der Waals surface area contributed by atoms with Crippen LogP contribution in [0.3, 0.4) is 0 Å². The molecule has 18 heavy (non-hydrogen) atoms. The highest BCUT2D eigenvalue weighted by Crippen LogP contribution is 2.71. The molecule has 0 amide bonds. The fourth-order valence-corrected chi connectivity index (χ4v) is 7.35. The van der Waals surface area contributed by atoms with Crippen LogP contribution in [0.25, 0.3) is 0 Å². The van der Waals surface area contributed by atoms with Gasteiger partial charge in [0.05, 0.1) is 0 Å². The smallest absolute Gasteiger partial charge is 0.0149 e. The summed E-state index contributed by atoms with van der Waals surface area (Å²) < 4.78 is 0. The third kappa shape index (κ3) is 1.55. The maximum absolute atomic E-state index is 3.76. The number of nitrogens with one attached hydrogen (secondary N) is 1. The van der Waals surface area contributed by atoms with E-state index in [2.05, 4.69) is 26.2 Å². The van der Waals surface area contributed by atoms with Gasteiger partial charge >= 0.3 is 0 Å². The van der Waals surface area contributed by atoms with Crippen molar-refractivity contribution < 1.29 is 0 Å². The lowest BCUT2D eigenvalue weighted by atomic mass is 9.39. The summed E-state index contributed by atoms with van der Waals surface area (Å²) in [4.78, 5) is 0. The topological polar surface area (TPSA) is 12.0 Å². The molecule has 0 radical (unpaired) electrons. The van der Waals surface area contributed by atoms with Crippen LogP contribution in [-0.4, -0.2) is 13.1 Å². The molecule has 3 atom stereocenters. The fraction of sp³-hybridized carbons (Fsp3) is 1.00. The summed E-state index contributed by atoms with van der Waals surface area (Å²) in [5, 5.41) is 3.76. The van der Waals surface area contributed by atoms with Gasteiger partial charge in [0.15, 0.2) is 0 Å². The zero-order valence-corrected chi connectivity index (χ0v) is 12.4. The summed E-state index contributed by atoms with van der Waals surface area (Å²) in [5.41, 5.74) is 2.02. The summed E-state index contributed by atoms with van der Waals surface area (Å²) in [5.74, 6) is 2.06. The van der Waals surface area contributed by atoms with Gasteiger partial charge in [-0.2, -0.15) is 0 Å². The highest BCUT2D eigenvalue weighted by Gasteiger charge is 2.63. The minimum absolute atomic E-state index is 0.666. The highest BCUT2D eigenvalue weighted by atomic mass is 14.9. The minimum Gasteiger partial charge on any atom is -0.316 e. The standard InChI is InChI=1S/C17H29N/c1-15-6-12-7-16(2,9-15)11-17(8-12,10-15)14(18-3)13-4-5-13/h12-14,18H,4-11H2,1-3H3. The molecule has 5 fully saturated rings. The van der Waals surface area contributed by atoms with Gasteiger partial charge in [-0.15, -0.1) is 0 Å². The number of rotatable bonds is 3. The van der Waals surface area contributed by atoms with E-state index in [-0.39, 0.29) is 0 Å². The van der Waals surface area contributed by atoms with Gasteiger partial charge in [-0.25, -0.2) is 0 Å². The van der Waals surface area contributed by atoms with Gasteiger partial charge in [-0.05, 0) is 86.5 Å². The van der Waals surface area contributed by atoms with Crippen molar-refractivity contribution in [2.45, 2.75) is 71.3 Å². The highest BCUT2D eigenvalue weighted by molar-refractivity contribution is 5.15. The lowest BCUT2D eigenvalue weighted by molar-refractivity contribution is -0.159. The maximum atomic E-state index is 3.76. The largest absolute Gasteiger partial charge is 0.316 e. The third-order valence-corrected chi connectivity index (χ3v) is 6.73. The molecule has 0 aromatic carbocycles. The van der Waals surface area contributed by atoms with E-state index in [1.165, 1.54) is 44.9 Å². The lowest BCUT2D eigenvalue weighted by Crippen LogP contribution is -2.61. The van der Waals surface area contributed by atoms with Gasteiger partial charge in [-0.1, -0.05) is 13.8 Å². The van der Waals surface area contributed by atoms with Crippen LogP contribution in [0, 0.1) is 28.1 Å². The Morgan fingerprint density at radius 2 is 1.56 bits per heavy atom. The fourth-order valence-electron chi connectivity index (χ4n) is 7.35. The van der Waals surface area contributed by atoms with Crippen LogP contribution >= 0.6 is 0 Å². The van der Waals surface area contributed by atoms with Crippen LogP contribution in [-0.2, 0) is 0 Å². The van der Waals surface area contributed by atoms with Gasteiger partial charge < -0.3 is 5.32 Å². The Kier molecular flexibility index (Phi) is 2.18. The van der Waals surface area contributed by atoms with Gasteiger partial charge in [0.1, 0.15) is 0 Å². The average Bonchev–Trinajstić information content (AvgIpc) is 2.95. The molecule has 5 rings (SSSR count). The molecule has 5 saturated carbocycles. The van der Waals surface area contributed by atoms with Crippen LogP contribution in [0.5, 0.6) is 0 Å². The van der Waals surface area contributed by atoms with Crippen molar-refractivity contribution in [3.8, 4) is 0 Å². The molecular weight excluding hydrogens is 218 g/mol. The van der Waals surface area contributed by atoms with E-state index in [1.807, 2.05) is 0 Å². The molecule has 0 heterocycles. The van der Waals surface area contributed by atoms with Gasteiger partial charge in [0.2, 0.25) is 0 Å². The van der Waals surface area contributed by atoms with Crippen molar-refractivity contribution in [1.82, 2.24) is 5.32 Å². The molecule has 3 unspecified atom stereocenters. The van der Waals surface area contributed by atoms with E-state index in [1.54, 1.807) is 6.42 Å². The first-order valence-electron chi connectivity index (χ1n) is 8.13. The molecule has 0 aromatic heterocycles. The van der Waals surface area contributed by atoms with Crippen molar-refractivity contribution in [3.63, 3.8) is 0 Å². The summed E-state index contributed by atoms with van der Waals surface area (Å²) in [7, 11) is 2.23. The zero-order chi connectivity index (χ0) is 12.6. The molecule has 5 aliphatic carbocycles. The Morgan fingerprint density at radius 1 is 0.944 bits per heavy atom. The molecule has 0 aliphatic heterocycles. The second-order valence-electron chi connectivity index (χ2n) is 9.10. The van der Waals surface area contributed by atoms with E-state index in [4.69, 9.17) is 0 Å². The van der Waals surface area contributed by atoms with Crippen molar-refractivity contribution in [1.29, 1.82) is 0 Å². The summed E-state index contributed by atoms with van der Waals surface area (Å²) in [6, 6.07) is 0.833. The molecule has 0 aromatic rings. The normalized spacial score (nSPS) is 55.8. The van der Waals surface area contributed by atoms with Crippen LogP contribution in [0.1, 0.15) is 65.2 Å². The quantitative estimate of drug-likeness (QED) is 0.795. The lowest BCUT2D eigenvalue weighted by Gasteiger charge is -2.67. The Hall–Kier alpha value is -0.0400. The maximum Gasteiger partial charge on any atom is 0.0149 e. The molecule has 1 heteroatoms. The first-order chi connectivity index (χ1) is 8.46. The zero-order valence-electron chi connectivity index (χ0n) is 12.4. The molecule has 1 nitrogen and oxygen atoms in total. The van der Waals surface area contributed by atoms with E-state index in [0.29, 0.717) is 16.2 Å². The molecule has 0 spiro atoms. The van der Waals surface area contributed by atoms with Crippen LogP contribution in [0.4, 0.5) is 0 Å². The Morgan fingerprint density at radius 3 is 2.00 bits per heavy atom. The summed E-state index contributed by atoms with van der Waals surface area (Å²) >= 11 is 0. The Balaban J connectivity index is 1.72. The molecule has 102 valence electrons. The number of hydrogen-bond acceptors (Lipinski definition) is 1.